The van der Waals surface area contributed by atoms with E-state index in [0.717, 1.165) is 12.8 Å². The molecule has 0 bridgehead atoms. The molecule has 0 heterocycles. The lowest BCUT2D eigenvalue weighted by atomic mass is 10.0. The molecule has 0 saturated heterocycles. The molecular weight excluding hydrogens is 190 g/mol. The van der Waals surface area contributed by atoms with Crippen molar-refractivity contribution in [1.82, 2.24) is 0 Å². The monoisotopic (exact) mass is 213 g/mol. The third kappa shape index (κ3) is 6.48. The standard InChI is InChI=1S/C12H23NO2/c1-9(2)12(14-5)7-6-11(8-13)15-10(3)4/h9-12H,6-7H2,1-5H3/t11-,12-/m1/s1. The highest BCUT2D eigenvalue weighted by molar-refractivity contribution is 4.85. The van der Waals surface area contributed by atoms with Crippen LogP contribution in [0.25, 0.3) is 0 Å². The predicted octanol–water partition coefficient (Wildman–Crippen LogP) is 2.75. The molecule has 0 aliphatic rings. The molecule has 0 spiro atoms. The molecule has 0 aromatic carbocycles. The van der Waals surface area contributed by atoms with Crippen LogP contribution in [0.1, 0.15) is 40.5 Å². The molecule has 3 heteroatoms. The van der Waals surface area contributed by atoms with E-state index in [2.05, 4.69) is 19.9 Å². The van der Waals surface area contributed by atoms with Gasteiger partial charge in [-0.25, -0.2) is 0 Å². The number of hydrogen-bond donors (Lipinski definition) is 0. The first-order valence-electron chi connectivity index (χ1n) is 5.59. The van der Waals surface area contributed by atoms with Gasteiger partial charge in [0.05, 0.1) is 18.3 Å². The lowest BCUT2D eigenvalue weighted by molar-refractivity contribution is 0.0106. The molecule has 2 atom stereocenters. The molecule has 0 aromatic rings. The molecule has 0 saturated carbocycles. The number of ether oxygens (including phenoxy) is 2. The van der Waals surface area contributed by atoms with E-state index in [-0.39, 0.29) is 18.3 Å². The van der Waals surface area contributed by atoms with Gasteiger partial charge in [-0.1, -0.05) is 13.8 Å². The summed E-state index contributed by atoms with van der Waals surface area (Å²) < 4.78 is 10.8. The van der Waals surface area contributed by atoms with E-state index in [9.17, 15) is 0 Å². The maximum absolute atomic E-state index is 8.88. The van der Waals surface area contributed by atoms with E-state index in [1.165, 1.54) is 0 Å². The van der Waals surface area contributed by atoms with E-state index < -0.39 is 0 Å². The molecule has 0 unspecified atom stereocenters. The smallest absolute Gasteiger partial charge is 0.144 e. The SMILES string of the molecule is CO[C@H](CC[C@H](C#N)OC(C)C)C(C)C. The highest BCUT2D eigenvalue weighted by atomic mass is 16.5. The van der Waals surface area contributed by atoms with Gasteiger partial charge in [-0.05, 0) is 32.6 Å². The van der Waals surface area contributed by atoms with Crippen molar-refractivity contribution in [3.05, 3.63) is 0 Å². The summed E-state index contributed by atoms with van der Waals surface area (Å²) in [5, 5.41) is 8.88. The van der Waals surface area contributed by atoms with Crippen LogP contribution in [-0.4, -0.2) is 25.4 Å². The Morgan fingerprint density at radius 2 is 1.73 bits per heavy atom. The van der Waals surface area contributed by atoms with Crippen molar-refractivity contribution < 1.29 is 9.47 Å². The summed E-state index contributed by atoms with van der Waals surface area (Å²) >= 11 is 0. The molecule has 15 heavy (non-hydrogen) atoms. The van der Waals surface area contributed by atoms with Crippen molar-refractivity contribution in [2.24, 2.45) is 5.92 Å². The maximum atomic E-state index is 8.88. The van der Waals surface area contributed by atoms with Crippen LogP contribution in [0.2, 0.25) is 0 Å². The van der Waals surface area contributed by atoms with Gasteiger partial charge in [-0.3, -0.25) is 0 Å². The largest absolute Gasteiger partial charge is 0.381 e. The summed E-state index contributed by atoms with van der Waals surface area (Å²) in [6, 6.07) is 2.17. The summed E-state index contributed by atoms with van der Waals surface area (Å²) in [7, 11) is 1.72. The van der Waals surface area contributed by atoms with Crippen LogP contribution in [0, 0.1) is 17.2 Å². The molecular formula is C12H23NO2. The van der Waals surface area contributed by atoms with Gasteiger partial charge in [-0.15, -0.1) is 0 Å². The zero-order chi connectivity index (χ0) is 11.8. The summed E-state index contributed by atoms with van der Waals surface area (Å²) in [5.74, 6) is 0.480. The lowest BCUT2D eigenvalue weighted by Crippen LogP contribution is -2.22. The maximum Gasteiger partial charge on any atom is 0.144 e. The van der Waals surface area contributed by atoms with Crippen molar-refractivity contribution in [2.45, 2.75) is 58.8 Å². The predicted molar refractivity (Wildman–Crippen MR) is 60.5 cm³/mol. The van der Waals surface area contributed by atoms with Gasteiger partial charge in [0.25, 0.3) is 0 Å². The highest BCUT2D eigenvalue weighted by Crippen LogP contribution is 2.15. The number of nitrogens with zero attached hydrogens (tertiary/aromatic N) is 1. The van der Waals surface area contributed by atoms with Crippen LogP contribution in [0.15, 0.2) is 0 Å². The summed E-state index contributed by atoms with van der Waals surface area (Å²) in [6.45, 7) is 8.14. The van der Waals surface area contributed by atoms with Gasteiger partial charge in [-0.2, -0.15) is 5.26 Å². The Balaban J connectivity index is 3.94. The summed E-state index contributed by atoms with van der Waals surface area (Å²) in [6.07, 6.45) is 1.64. The van der Waals surface area contributed by atoms with Crippen LogP contribution in [0.4, 0.5) is 0 Å². The van der Waals surface area contributed by atoms with Gasteiger partial charge in [0.2, 0.25) is 0 Å². The fourth-order valence-corrected chi connectivity index (χ4v) is 1.53. The molecule has 0 fully saturated rings. The molecule has 0 aliphatic heterocycles. The third-order valence-electron chi connectivity index (χ3n) is 2.34. The number of rotatable bonds is 7. The Labute approximate surface area is 93.4 Å². The van der Waals surface area contributed by atoms with Crippen LogP contribution < -0.4 is 0 Å². The molecule has 0 aliphatic carbocycles. The average molecular weight is 213 g/mol. The summed E-state index contributed by atoms with van der Waals surface area (Å²) in [4.78, 5) is 0. The fourth-order valence-electron chi connectivity index (χ4n) is 1.53. The van der Waals surface area contributed by atoms with Crippen molar-refractivity contribution in [3.63, 3.8) is 0 Å². The minimum atomic E-state index is -0.304. The minimum absolute atomic E-state index is 0.106. The Bertz CT molecular complexity index is 196. The first kappa shape index (κ1) is 14.4. The van der Waals surface area contributed by atoms with Crippen LogP contribution in [0.3, 0.4) is 0 Å². The normalized spacial score (nSPS) is 15.3. The van der Waals surface area contributed by atoms with Gasteiger partial charge < -0.3 is 9.47 Å². The lowest BCUT2D eigenvalue weighted by Gasteiger charge is -2.21. The van der Waals surface area contributed by atoms with E-state index in [1.807, 2.05) is 13.8 Å². The average Bonchev–Trinajstić information content (AvgIpc) is 2.15. The molecule has 0 aromatic heterocycles. The van der Waals surface area contributed by atoms with Crippen LogP contribution >= 0.6 is 0 Å². The van der Waals surface area contributed by atoms with Crippen LogP contribution in [-0.2, 0) is 9.47 Å². The first-order valence-corrected chi connectivity index (χ1v) is 5.59. The second-order valence-corrected chi connectivity index (χ2v) is 4.40. The number of methoxy groups -OCH3 is 1. The zero-order valence-corrected chi connectivity index (χ0v) is 10.5. The fraction of sp³-hybridized carbons (Fsp3) is 0.917. The Morgan fingerprint density at radius 3 is 2.07 bits per heavy atom. The van der Waals surface area contributed by atoms with Gasteiger partial charge in [0.15, 0.2) is 0 Å². The second-order valence-electron chi connectivity index (χ2n) is 4.40. The first-order chi connectivity index (χ1) is 7.01. The minimum Gasteiger partial charge on any atom is -0.381 e. The van der Waals surface area contributed by atoms with Crippen molar-refractivity contribution in [1.29, 1.82) is 5.26 Å². The third-order valence-corrected chi connectivity index (χ3v) is 2.34. The molecule has 0 N–H and O–H groups in total. The molecule has 0 rings (SSSR count). The molecule has 0 amide bonds. The van der Waals surface area contributed by atoms with Crippen molar-refractivity contribution >= 4 is 0 Å². The van der Waals surface area contributed by atoms with Crippen molar-refractivity contribution in [3.8, 4) is 6.07 Å². The number of hydrogen-bond acceptors (Lipinski definition) is 3. The van der Waals surface area contributed by atoms with E-state index in [1.54, 1.807) is 7.11 Å². The zero-order valence-electron chi connectivity index (χ0n) is 10.5. The molecule has 3 nitrogen and oxygen atoms in total. The Hall–Kier alpha value is -0.590. The quantitative estimate of drug-likeness (QED) is 0.653. The molecule has 0 radical (unpaired) electrons. The van der Waals surface area contributed by atoms with E-state index in [4.69, 9.17) is 14.7 Å². The van der Waals surface area contributed by atoms with Gasteiger partial charge in [0, 0.05) is 7.11 Å². The van der Waals surface area contributed by atoms with Gasteiger partial charge in [0.1, 0.15) is 6.10 Å². The highest BCUT2D eigenvalue weighted by Gasteiger charge is 2.16. The Morgan fingerprint density at radius 1 is 1.13 bits per heavy atom. The summed E-state index contributed by atoms with van der Waals surface area (Å²) in [5.41, 5.74) is 0. The Kier molecular flexibility index (Phi) is 7.37. The van der Waals surface area contributed by atoms with Crippen LogP contribution in [0.5, 0.6) is 0 Å². The van der Waals surface area contributed by atoms with E-state index >= 15 is 0 Å². The number of nitriles is 1. The van der Waals surface area contributed by atoms with Gasteiger partial charge >= 0.3 is 0 Å². The topological polar surface area (TPSA) is 42.2 Å². The van der Waals surface area contributed by atoms with Crippen molar-refractivity contribution in [2.75, 3.05) is 7.11 Å². The molecule has 88 valence electrons. The van der Waals surface area contributed by atoms with E-state index in [0.29, 0.717) is 5.92 Å². The second kappa shape index (κ2) is 7.67.